The number of hydrogen-bond donors (Lipinski definition) is 1. The van der Waals surface area contributed by atoms with E-state index in [0.29, 0.717) is 0 Å². The van der Waals surface area contributed by atoms with Gasteiger partial charge in [-0.05, 0) is 61.4 Å². The third-order valence-electron chi connectivity index (χ3n) is 4.56. The lowest BCUT2D eigenvalue weighted by atomic mass is 9.89. The van der Waals surface area contributed by atoms with E-state index in [1.165, 1.54) is 48.2 Å². The zero-order valence-electron chi connectivity index (χ0n) is 13.9. The lowest BCUT2D eigenvalue weighted by Crippen LogP contribution is -2.27. The van der Waals surface area contributed by atoms with Crippen molar-refractivity contribution in [2.24, 2.45) is 0 Å². The van der Waals surface area contributed by atoms with Gasteiger partial charge >= 0.3 is 0 Å². The number of non-ortho nitro benzene ring substituents is 1. The molecule has 3 rings (SSSR count). The van der Waals surface area contributed by atoms with Gasteiger partial charge in [0.2, 0.25) is 10.0 Å². The van der Waals surface area contributed by atoms with Gasteiger partial charge in [-0.1, -0.05) is 18.2 Å². The second kappa shape index (κ2) is 6.93. The maximum atomic E-state index is 12.5. The number of nitro benzene ring substituents is 1. The van der Waals surface area contributed by atoms with Gasteiger partial charge in [0.15, 0.2) is 0 Å². The molecule has 1 N–H and O–H groups in total. The highest BCUT2D eigenvalue weighted by Crippen LogP contribution is 2.26. The van der Waals surface area contributed by atoms with Crippen molar-refractivity contribution in [3.63, 3.8) is 0 Å². The molecule has 0 radical (unpaired) electrons. The monoisotopic (exact) mass is 360 g/mol. The SMILES string of the molecule is C[C@@H](NS(=O)(=O)c1ccc([N+](=O)[O-])cc1)c1ccc2c(c1)CCCC2. The molecule has 0 heterocycles. The summed E-state index contributed by atoms with van der Waals surface area (Å²) in [7, 11) is -3.74. The third-order valence-corrected chi connectivity index (χ3v) is 6.12. The summed E-state index contributed by atoms with van der Waals surface area (Å²) in [6.07, 6.45) is 4.48. The molecule has 2 aromatic carbocycles. The van der Waals surface area contributed by atoms with Gasteiger partial charge in [0, 0.05) is 18.2 Å². The first kappa shape index (κ1) is 17.6. The number of nitrogens with zero attached hydrogens (tertiary/aromatic N) is 1. The van der Waals surface area contributed by atoms with Crippen LogP contribution in [0, 0.1) is 10.1 Å². The van der Waals surface area contributed by atoms with Crippen molar-refractivity contribution in [2.75, 3.05) is 0 Å². The van der Waals surface area contributed by atoms with Crippen molar-refractivity contribution < 1.29 is 13.3 Å². The van der Waals surface area contributed by atoms with Gasteiger partial charge in [0.05, 0.1) is 9.82 Å². The Morgan fingerprint density at radius 2 is 1.68 bits per heavy atom. The molecule has 7 heteroatoms. The zero-order chi connectivity index (χ0) is 18.0. The second-order valence-electron chi connectivity index (χ2n) is 6.33. The van der Waals surface area contributed by atoms with Crippen molar-refractivity contribution in [1.29, 1.82) is 0 Å². The summed E-state index contributed by atoms with van der Waals surface area (Å²) in [6.45, 7) is 1.80. The summed E-state index contributed by atoms with van der Waals surface area (Å²) >= 11 is 0. The summed E-state index contributed by atoms with van der Waals surface area (Å²) in [5.74, 6) is 0. The predicted molar refractivity (Wildman–Crippen MR) is 94.9 cm³/mol. The van der Waals surface area contributed by atoms with Crippen LogP contribution in [0.2, 0.25) is 0 Å². The Labute approximate surface area is 147 Å². The largest absolute Gasteiger partial charge is 0.269 e. The predicted octanol–water partition coefficient (Wildman–Crippen LogP) is 3.51. The third kappa shape index (κ3) is 3.88. The normalized spacial score (nSPS) is 15.4. The Hall–Kier alpha value is -2.25. The van der Waals surface area contributed by atoms with Gasteiger partial charge in [0.25, 0.3) is 5.69 Å². The Bertz CT molecular complexity index is 892. The van der Waals surface area contributed by atoms with Crippen molar-refractivity contribution in [3.8, 4) is 0 Å². The summed E-state index contributed by atoms with van der Waals surface area (Å²) < 4.78 is 27.7. The molecule has 0 saturated heterocycles. The Morgan fingerprint density at radius 1 is 1.04 bits per heavy atom. The van der Waals surface area contributed by atoms with E-state index in [9.17, 15) is 18.5 Å². The van der Waals surface area contributed by atoms with Gasteiger partial charge < -0.3 is 0 Å². The average Bonchev–Trinajstić information content (AvgIpc) is 2.61. The molecule has 0 spiro atoms. The van der Waals surface area contributed by atoms with Crippen molar-refractivity contribution in [2.45, 2.75) is 43.5 Å². The number of nitro groups is 1. The van der Waals surface area contributed by atoms with E-state index in [1.807, 2.05) is 6.07 Å². The highest BCUT2D eigenvalue weighted by molar-refractivity contribution is 7.89. The topological polar surface area (TPSA) is 89.3 Å². The van der Waals surface area contributed by atoms with Crippen LogP contribution in [0.5, 0.6) is 0 Å². The maximum absolute atomic E-state index is 12.5. The van der Waals surface area contributed by atoms with E-state index < -0.39 is 14.9 Å². The number of rotatable bonds is 5. The van der Waals surface area contributed by atoms with Crippen LogP contribution in [0.15, 0.2) is 47.4 Å². The molecule has 0 unspecified atom stereocenters. The molecule has 6 nitrogen and oxygen atoms in total. The highest BCUT2D eigenvalue weighted by atomic mass is 32.2. The summed E-state index contributed by atoms with van der Waals surface area (Å²) in [6, 6.07) is 10.6. The lowest BCUT2D eigenvalue weighted by Gasteiger charge is -2.20. The van der Waals surface area contributed by atoms with E-state index in [0.717, 1.165) is 18.4 Å². The van der Waals surface area contributed by atoms with Crippen LogP contribution in [-0.4, -0.2) is 13.3 Å². The molecule has 2 aromatic rings. The van der Waals surface area contributed by atoms with Crippen molar-refractivity contribution >= 4 is 15.7 Å². The molecule has 1 aliphatic rings. The second-order valence-corrected chi connectivity index (χ2v) is 8.04. The van der Waals surface area contributed by atoms with E-state index in [-0.39, 0.29) is 16.6 Å². The number of sulfonamides is 1. The summed E-state index contributed by atoms with van der Waals surface area (Å²) in [5, 5.41) is 10.7. The van der Waals surface area contributed by atoms with Crippen LogP contribution in [0.1, 0.15) is 42.5 Å². The number of nitrogens with one attached hydrogen (secondary N) is 1. The van der Waals surface area contributed by atoms with Crippen LogP contribution in [0.25, 0.3) is 0 Å². The zero-order valence-corrected chi connectivity index (χ0v) is 14.8. The first-order valence-electron chi connectivity index (χ1n) is 8.25. The lowest BCUT2D eigenvalue weighted by molar-refractivity contribution is -0.384. The molecule has 132 valence electrons. The molecule has 0 bridgehead atoms. The molecule has 1 atom stereocenters. The molecule has 0 fully saturated rings. The quantitative estimate of drug-likeness (QED) is 0.653. The van der Waals surface area contributed by atoms with Gasteiger partial charge in [-0.15, -0.1) is 0 Å². The van der Waals surface area contributed by atoms with Crippen LogP contribution in [-0.2, 0) is 22.9 Å². The van der Waals surface area contributed by atoms with Crippen LogP contribution >= 0.6 is 0 Å². The number of benzene rings is 2. The molecule has 25 heavy (non-hydrogen) atoms. The van der Waals surface area contributed by atoms with Gasteiger partial charge in [-0.3, -0.25) is 10.1 Å². The maximum Gasteiger partial charge on any atom is 0.269 e. The minimum Gasteiger partial charge on any atom is -0.258 e. The van der Waals surface area contributed by atoms with Gasteiger partial charge in [-0.25, -0.2) is 13.1 Å². The van der Waals surface area contributed by atoms with Crippen LogP contribution in [0.4, 0.5) is 5.69 Å². The van der Waals surface area contributed by atoms with Gasteiger partial charge in [0.1, 0.15) is 0 Å². The van der Waals surface area contributed by atoms with E-state index in [1.54, 1.807) is 6.92 Å². The molecule has 0 amide bonds. The highest BCUT2D eigenvalue weighted by Gasteiger charge is 2.20. The van der Waals surface area contributed by atoms with Gasteiger partial charge in [-0.2, -0.15) is 0 Å². The number of aryl methyl sites for hydroxylation is 2. The molecular formula is C18H20N2O4S. The Kier molecular flexibility index (Phi) is 4.87. The average molecular weight is 360 g/mol. The van der Waals surface area contributed by atoms with Crippen LogP contribution in [0.3, 0.4) is 0 Å². The van der Waals surface area contributed by atoms with E-state index in [2.05, 4.69) is 16.9 Å². The molecular weight excluding hydrogens is 340 g/mol. The molecule has 1 aliphatic carbocycles. The fourth-order valence-electron chi connectivity index (χ4n) is 3.14. The Balaban J connectivity index is 1.79. The molecule has 0 aliphatic heterocycles. The number of hydrogen-bond acceptors (Lipinski definition) is 4. The summed E-state index contributed by atoms with van der Waals surface area (Å²) in [4.78, 5) is 10.1. The van der Waals surface area contributed by atoms with E-state index in [4.69, 9.17) is 0 Å². The minimum absolute atomic E-state index is 0.0166. The first-order chi connectivity index (χ1) is 11.9. The standard InChI is InChI=1S/C18H20N2O4S/c1-13(15-7-6-14-4-2-3-5-16(14)12-15)19-25(23,24)18-10-8-17(9-11-18)20(21)22/h6-13,19H,2-5H2,1H3/t13-/m1/s1. The first-order valence-corrected chi connectivity index (χ1v) is 9.73. The molecule has 0 aromatic heterocycles. The van der Waals surface area contributed by atoms with Crippen molar-refractivity contribution in [3.05, 3.63) is 69.3 Å². The number of fused-ring (bicyclic) bond motifs is 1. The Morgan fingerprint density at radius 3 is 2.32 bits per heavy atom. The minimum atomic E-state index is -3.74. The van der Waals surface area contributed by atoms with Crippen molar-refractivity contribution in [1.82, 2.24) is 4.72 Å². The van der Waals surface area contributed by atoms with Crippen LogP contribution < -0.4 is 4.72 Å². The smallest absolute Gasteiger partial charge is 0.258 e. The fourth-order valence-corrected chi connectivity index (χ4v) is 4.37. The summed E-state index contributed by atoms with van der Waals surface area (Å²) in [5.41, 5.74) is 3.43. The fraction of sp³-hybridized carbons (Fsp3) is 0.333. The molecule has 0 saturated carbocycles. The van der Waals surface area contributed by atoms with E-state index >= 15 is 0 Å².